The molecule has 4 heteroatoms. The van der Waals surface area contributed by atoms with Gasteiger partial charge in [0.05, 0.1) is 7.11 Å². The molecule has 0 aromatic heterocycles. The lowest BCUT2D eigenvalue weighted by atomic mass is 10.1. The van der Waals surface area contributed by atoms with Gasteiger partial charge in [0.2, 0.25) is 0 Å². The van der Waals surface area contributed by atoms with Crippen molar-refractivity contribution in [3.63, 3.8) is 0 Å². The van der Waals surface area contributed by atoms with E-state index in [9.17, 15) is 0 Å². The molecular weight excluding hydrogens is 246 g/mol. The summed E-state index contributed by atoms with van der Waals surface area (Å²) < 4.78 is 5.98. The molecule has 1 aromatic rings. The van der Waals surface area contributed by atoms with Crippen LogP contribution in [0.3, 0.4) is 0 Å². The second-order valence-corrected chi connectivity index (χ2v) is 3.86. The van der Waals surface area contributed by atoms with Crippen LogP contribution in [-0.2, 0) is 0 Å². The van der Waals surface area contributed by atoms with Gasteiger partial charge >= 0.3 is 0 Å². The fourth-order valence-electron chi connectivity index (χ4n) is 1.23. The number of hydrogen-bond acceptors (Lipinski definition) is 3. The Kier molecular flexibility index (Phi) is 4.38. The highest BCUT2D eigenvalue weighted by Gasteiger charge is 2.09. The number of halogens is 1. The molecular formula is C10H14BrNO2. The van der Waals surface area contributed by atoms with E-state index in [0.717, 1.165) is 15.8 Å². The largest absolute Gasteiger partial charge is 0.497 e. The number of benzene rings is 1. The third-order valence-corrected chi connectivity index (χ3v) is 2.73. The summed E-state index contributed by atoms with van der Waals surface area (Å²) in [5.41, 5.74) is 6.85. The van der Waals surface area contributed by atoms with Gasteiger partial charge in [-0.15, -0.1) is 0 Å². The molecule has 78 valence electrons. The normalized spacial score (nSPS) is 12.6. The number of ether oxygens (including phenoxy) is 1. The van der Waals surface area contributed by atoms with Crippen molar-refractivity contribution in [1.29, 1.82) is 0 Å². The Labute approximate surface area is 92.0 Å². The maximum atomic E-state index is 8.77. The first-order valence-electron chi connectivity index (χ1n) is 4.39. The predicted molar refractivity (Wildman–Crippen MR) is 59.3 cm³/mol. The number of rotatable bonds is 4. The van der Waals surface area contributed by atoms with E-state index in [0.29, 0.717) is 6.42 Å². The number of methoxy groups -OCH3 is 1. The van der Waals surface area contributed by atoms with Gasteiger partial charge in [0.25, 0.3) is 0 Å². The Morgan fingerprint density at radius 3 is 2.79 bits per heavy atom. The number of nitrogens with two attached hydrogens (primary N) is 1. The first-order chi connectivity index (χ1) is 6.69. The Bertz CT molecular complexity index is 304. The summed E-state index contributed by atoms with van der Waals surface area (Å²) in [5.74, 6) is 0.789. The van der Waals surface area contributed by atoms with Crippen LogP contribution in [0.2, 0.25) is 0 Å². The second kappa shape index (κ2) is 5.34. The zero-order valence-corrected chi connectivity index (χ0v) is 9.62. The van der Waals surface area contributed by atoms with Crippen molar-refractivity contribution >= 4 is 15.9 Å². The van der Waals surface area contributed by atoms with Crippen LogP contribution in [0.4, 0.5) is 0 Å². The summed E-state index contributed by atoms with van der Waals surface area (Å²) in [6.45, 7) is 0.0969. The average molecular weight is 260 g/mol. The zero-order valence-electron chi connectivity index (χ0n) is 8.03. The van der Waals surface area contributed by atoms with Crippen molar-refractivity contribution < 1.29 is 9.84 Å². The van der Waals surface area contributed by atoms with Gasteiger partial charge in [0.1, 0.15) is 5.75 Å². The Hall–Kier alpha value is -0.580. The summed E-state index contributed by atoms with van der Waals surface area (Å²) in [4.78, 5) is 0. The molecule has 0 heterocycles. The maximum Gasteiger partial charge on any atom is 0.120 e. The summed E-state index contributed by atoms with van der Waals surface area (Å²) in [6.07, 6.45) is 0.560. The Morgan fingerprint density at radius 1 is 1.57 bits per heavy atom. The van der Waals surface area contributed by atoms with Crippen molar-refractivity contribution in [2.45, 2.75) is 12.5 Å². The molecule has 0 saturated carbocycles. The fraction of sp³-hybridized carbons (Fsp3) is 0.400. The first kappa shape index (κ1) is 11.5. The minimum Gasteiger partial charge on any atom is -0.497 e. The summed E-state index contributed by atoms with van der Waals surface area (Å²) in [6, 6.07) is 5.49. The molecule has 1 atom stereocenters. The molecule has 0 spiro atoms. The second-order valence-electron chi connectivity index (χ2n) is 3.01. The molecule has 3 nitrogen and oxygen atoms in total. The average Bonchev–Trinajstić information content (AvgIpc) is 2.17. The molecule has 0 saturated heterocycles. The fourth-order valence-corrected chi connectivity index (χ4v) is 1.88. The van der Waals surface area contributed by atoms with Crippen LogP contribution in [0.15, 0.2) is 22.7 Å². The highest BCUT2D eigenvalue weighted by molar-refractivity contribution is 9.10. The SMILES string of the molecule is COc1ccc(C(N)CCO)c(Br)c1. The van der Waals surface area contributed by atoms with E-state index >= 15 is 0 Å². The summed E-state index contributed by atoms with van der Waals surface area (Å²) in [5, 5.41) is 8.77. The monoisotopic (exact) mass is 259 g/mol. The molecule has 1 unspecified atom stereocenters. The molecule has 0 bridgehead atoms. The van der Waals surface area contributed by atoms with E-state index < -0.39 is 0 Å². The molecule has 1 aromatic carbocycles. The van der Waals surface area contributed by atoms with E-state index in [1.54, 1.807) is 7.11 Å². The topological polar surface area (TPSA) is 55.5 Å². The van der Waals surface area contributed by atoms with Gasteiger partial charge in [-0.25, -0.2) is 0 Å². The van der Waals surface area contributed by atoms with Crippen molar-refractivity contribution in [2.75, 3.05) is 13.7 Å². The lowest BCUT2D eigenvalue weighted by Crippen LogP contribution is -2.12. The first-order valence-corrected chi connectivity index (χ1v) is 5.18. The molecule has 0 amide bonds. The Morgan fingerprint density at radius 2 is 2.29 bits per heavy atom. The van der Waals surface area contributed by atoms with Crippen LogP contribution in [0.1, 0.15) is 18.0 Å². The van der Waals surface area contributed by atoms with E-state index in [4.69, 9.17) is 15.6 Å². The smallest absolute Gasteiger partial charge is 0.120 e. The van der Waals surface area contributed by atoms with Crippen molar-refractivity contribution in [3.05, 3.63) is 28.2 Å². The van der Waals surface area contributed by atoms with Gasteiger partial charge < -0.3 is 15.6 Å². The minimum absolute atomic E-state index is 0.0969. The molecule has 14 heavy (non-hydrogen) atoms. The van der Waals surface area contributed by atoms with Crippen LogP contribution in [0.5, 0.6) is 5.75 Å². The lowest BCUT2D eigenvalue weighted by molar-refractivity contribution is 0.276. The van der Waals surface area contributed by atoms with Crippen LogP contribution >= 0.6 is 15.9 Å². The molecule has 0 aliphatic rings. The van der Waals surface area contributed by atoms with E-state index in [2.05, 4.69) is 15.9 Å². The van der Waals surface area contributed by atoms with Gasteiger partial charge in [0.15, 0.2) is 0 Å². The highest BCUT2D eigenvalue weighted by Crippen LogP contribution is 2.27. The zero-order chi connectivity index (χ0) is 10.6. The number of hydrogen-bond donors (Lipinski definition) is 2. The molecule has 0 aliphatic carbocycles. The number of aliphatic hydroxyl groups is 1. The number of aliphatic hydroxyl groups excluding tert-OH is 1. The van der Waals surface area contributed by atoms with Crippen LogP contribution in [0.25, 0.3) is 0 Å². The quantitative estimate of drug-likeness (QED) is 0.868. The summed E-state index contributed by atoms with van der Waals surface area (Å²) >= 11 is 3.42. The molecule has 0 radical (unpaired) electrons. The Balaban J connectivity index is 2.88. The van der Waals surface area contributed by atoms with Gasteiger partial charge in [-0.05, 0) is 24.1 Å². The van der Waals surface area contributed by atoms with Crippen LogP contribution < -0.4 is 10.5 Å². The van der Waals surface area contributed by atoms with E-state index in [-0.39, 0.29) is 12.6 Å². The molecule has 3 N–H and O–H groups in total. The molecule has 1 rings (SSSR count). The minimum atomic E-state index is -0.139. The standard InChI is InChI=1S/C10H14BrNO2/c1-14-7-2-3-8(9(11)6-7)10(12)4-5-13/h2-3,6,10,13H,4-5,12H2,1H3. The van der Waals surface area contributed by atoms with Crippen molar-refractivity contribution in [3.8, 4) is 5.75 Å². The van der Waals surface area contributed by atoms with Crippen LogP contribution in [0, 0.1) is 0 Å². The van der Waals surface area contributed by atoms with Crippen LogP contribution in [-0.4, -0.2) is 18.8 Å². The van der Waals surface area contributed by atoms with E-state index in [1.165, 1.54) is 0 Å². The van der Waals surface area contributed by atoms with Gasteiger partial charge in [-0.1, -0.05) is 22.0 Å². The van der Waals surface area contributed by atoms with Crippen molar-refractivity contribution in [1.82, 2.24) is 0 Å². The molecule has 0 fully saturated rings. The highest BCUT2D eigenvalue weighted by atomic mass is 79.9. The predicted octanol–water partition coefficient (Wildman–Crippen LogP) is 1.84. The third-order valence-electron chi connectivity index (χ3n) is 2.05. The van der Waals surface area contributed by atoms with E-state index in [1.807, 2.05) is 18.2 Å². The molecule has 0 aliphatic heterocycles. The van der Waals surface area contributed by atoms with Gasteiger partial charge in [-0.3, -0.25) is 0 Å². The summed E-state index contributed by atoms with van der Waals surface area (Å²) in [7, 11) is 1.62. The van der Waals surface area contributed by atoms with Gasteiger partial charge in [0, 0.05) is 17.1 Å². The maximum absolute atomic E-state index is 8.77. The van der Waals surface area contributed by atoms with Gasteiger partial charge in [-0.2, -0.15) is 0 Å². The van der Waals surface area contributed by atoms with Crippen molar-refractivity contribution in [2.24, 2.45) is 5.73 Å². The lowest BCUT2D eigenvalue weighted by Gasteiger charge is -2.13. The third kappa shape index (κ3) is 2.70.